The minimum atomic E-state index is -0.732. The highest BCUT2D eigenvalue weighted by atomic mass is 16.5. The molecule has 0 aliphatic rings. The van der Waals surface area contributed by atoms with E-state index >= 15 is 0 Å². The smallest absolute Gasteiger partial charge is 0.345 e. The second-order valence-electron chi connectivity index (χ2n) is 3.25. The van der Waals surface area contributed by atoms with E-state index in [0.29, 0.717) is 0 Å². The van der Waals surface area contributed by atoms with Crippen molar-refractivity contribution in [1.29, 1.82) is 5.26 Å². The average molecular weight is 248 g/mol. The van der Waals surface area contributed by atoms with Crippen molar-refractivity contribution in [3.63, 3.8) is 0 Å². The van der Waals surface area contributed by atoms with Gasteiger partial charge in [-0.15, -0.1) is 10.2 Å². The van der Waals surface area contributed by atoms with Crippen LogP contribution in [-0.4, -0.2) is 32.4 Å². The molecule has 0 aromatic carbocycles. The molecule has 18 heavy (non-hydrogen) atoms. The Kier molecular flexibility index (Phi) is 2.69. The van der Waals surface area contributed by atoms with Gasteiger partial charge in [-0.2, -0.15) is 9.78 Å². The number of carbonyl (C=O) groups excluding carboxylic acids is 1. The molecular weight excluding hydrogens is 240 g/mol. The Morgan fingerprint density at radius 3 is 2.94 bits per heavy atom. The normalized spacial score (nSPS) is 10.2. The lowest BCUT2D eigenvalue weighted by molar-refractivity contribution is 0.0529. The monoisotopic (exact) mass is 248 g/mol. The summed E-state index contributed by atoms with van der Waals surface area (Å²) in [5.74, 6) is -0.790. The first kappa shape index (κ1) is 11.6. The lowest BCUT2D eigenvalue weighted by atomic mass is 10.3. The Morgan fingerprint density at radius 2 is 2.33 bits per heavy atom. The molecular formula is C9H8N6O3. The van der Waals surface area contributed by atoms with Crippen molar-refractivity contribution in [1.82, 2.24) is 19.8 Å². The molecule has 0 spiro atoms. The Bertz CT molecular complexity index is 722. The van der Waals surface area contributed by atoms with Gasteiger partial charge in [0.1, 0.15) is 17.5 Å². The number of anilines is 1. The van der Waals surface area contributed by atoms with Crippen LogP contribution in [0.25, 0.3) is 5.65 Å². The van der Waals surface area contributed by atoms with Crippen LogP contribution in [0.1, 0.15) is 23.0 Å². The second-order valence-corrected chi connectivity index (χ2v) is 3.25. The first-order chi connectivity index (χ1) is 8.60. The predicted octanol–water partition coefficient (Wildman–Crippen LogP) is -0.952. The first-order valence-corrected chi connectivity index (χ1v) is 4.94. The Hall–Kier alpha value is -2.89. The minimum absolute atomic E-state index is 0.0741. The zero-order valence-electron chi connectivity index (χ0n) is 9.30. The maximum absolute atomic E-state index is 11.7. The predicted molar refractivity (Wildman–Crippen MR) is 58.7 cm³/mol. The SMILES string of the molecule is CCOC(=O)c1c(N)[nH]n2c(=O)c(C#N)nnc12. The van der Waals surface area contributed by atoms with Gasteiger partial charge in [0, 0.05) is 0 Å². The van der Waals surface area contributed by atoms with E-state index in [1.165, 1.54) is 0 Å². The number of hydrogen-bond donors (Lipinski definition) is 2. The molecule has 2 aromatic rings. The molecule has 0 radical (unpaired) electrons. The van der Waals surface area contributed by atoms with Gasteiger partial charge in [-0.1, -0.05) is 0 Å². The van der Waals surface area contributed by atoms with E-state index in [4.69, 9.17) is 15.7 Å². The van der Waals surface area contributed by atoms with Crippen LogP contribution in [0.15, 0.2) is 4.79 Å². The molecule has 0 unspecified atom stereocenters. The molecule has 0 bridgehead atoms. The van der Waals surface area contributed by atoms with Crippen LogP contribution in [0, 0.1) is 11.3 Å². The zero-order valence-corrected chi connectivity index (χ0v) is 9.30. The fraction of sp³-hybridized carbons (Fsp3) is 0.222. The lowest BCUT2D eigenvalue weighted by Gasteiger charge is -1.99. The standard InChI is InChI=1S/C9H8N6O3/c1-2-18-9(17)5-6(11)14-15-7(5)13-12-4(3-10)8(15)16/h14H,2,11H2,1H3. The molecule has 2 rings (SSSR count). The minimum Gasteiger partial charge on any atom is -0.462 e. The van der Waals surface area contributed by atoms with Crippen molar-refractivity contribution in [2.45, 2.75) is 6.92 Å². The van der Waals surface area contributed by atoms with Crippen molar-refractivity contribution in [2.24, 2.45) is 0 Å². The van der Waals surface area contributed by atoms with Crippen molar-refractivity contribution in [3.05, 3.63) is 21.6 Å². The average Bonchev–Trinajstić information content (AvgIpc) is 2.67. The Balaban J connectivity index is 2.75. The topological polar surface area (TPSA) is 139 Å². The van der Waals surface area contributed by atoms with E-state index in [9.17, 15) is 9.59 Å². The molecule has 0 saturated heterocycles. The van der Waals surface area contributed by atoms with E-state index in [0.717, 1.165) is 4.52 Å². The number of carbonyl (C=O) groups is 1. The summed E-state index contributed by atoms with van der Waals surface area (Å²) in [7, 11) is 0. The number of rotatable bonds is 2. The molecule has 2 heterocycles. The molecule has 3 N–H and O–H groups in total. The summed E-state index contributed by atoms with van der Waals surface area (Å²) in [4.78, 5) is 23.3. The number of fused-ring (bicyclic) bond motifs is 1. The summed E-state index contributed by atoms with van der Waals surface area (Å²) in [5, 5.41) is 18.1. The highest BCUT2D eigenvalue weighted by Gasteiger charge is 2.22. The third-order valence-electron chi connectivity index (χ3n) is 2.17. The van der Waals surface area contributed by atoms with E-state index in [1.807, 2.05) is 0 Å². The van der Waals surface area contributed by atoms with Gasteiger partial charge in [-0.25, -0.2) is 4.79 Å². The first-order valence-electron chi connectivity index (χ1n) is 4.94. The molecule has 0 aliphatic carbocycles. The van der Waals surface area contributed by atoms with Gasteiger partial charge in [0.05, 0.1) is 6.61 Å². The van der Waals surface area contributed by atoms with Crippen LogP contribution in [0.4, 0.5) is 5.82 Å². The number of nitrogen functional groups attached to an aromatic ring is 1. The van der Waals surface area contributed by atoms with Crippen molar-refractivity contribution >= 4 is 17.4 Å². The molecule has 92 valence electrons. The van der Waals surface area contributed by atoms with Crippen LogP contribution in [0.2, 0.25) is 0 Å². The van der Waals surface area contributed by atoms with Gasteiger partial charge in [-0.3, -0.25) is 9.89 Å². The van der Waals surface area contributed by atoms with Crippen LogP contribution >= 0.6 is 0 Å². The second kappa shape index (κ2) is 4.17. The van der Waals surface area contributed by atoms with E-state index in [-0.39, 0.29) is 23.6 Å². The largest absolute Gasteiger partial charge is 0.462 e. The summed E-state index contributed by atoms with van der Waals surface area (Å²) in [5.41, 5.74) is 4.30. The fourth-order valence-electron chi connectivity index (χ4n) is 1.42. The number of nitriles is 1. The van der Waals surface area contributed by atoms with Crippen molar-refractivity contribution < 1.29 is 9.53 Å². The molecule has 0 amide bonds. The van der Waals surface area contributed by atoms with Gasteiger partial charge < -0.3 is 10.5 Å². The number of ether oxygens (including phenoxy) is 1. The number of H-pyrrole nitrogens is 1. The molecule has 2 aromatic heterocycles. The van der Waals surface area contributed by atoms with Crippen LogP contribution in [0.5, 0.6) is 0 Å². The Morgan fingerprint density at radius 1 is 1.61 bits per heavy atom. The van der Waals surface area contributed by atoms with Crippen molar-refractivity contribution in [2.75, 3.05) is 12.3 Å². The maximum atomic E-state index is 11.7. The summed E-state index contributed by atoms with van der Waals surface area (Å²) in [6.07, 6.45) is 0. The molecule has 0 atom stereocenters. The molecule has 9 heteroatoms. The van der Waals surface area contributed by atoms with Gasteiger partial charge in [-0.05, 0) is 6.92 Å². The molecule has 0 fully saturated rings. The van der Waals surface area contributed by atoms with E-state index in [1.54, 1.807) is 13.0 Å². The molecule has 0 saturated carbocycles. The van der Waals surface area contributed by atoms with Gasteiger partial charge in [0.15, 0.2) is 5.65 Å². The lowest BCUT2D eigenvalue weighted by Crippen LogP contribution is -2.20. The summed E-state index contributed by atoms with van der Waals surface area (Å²) < 4.78 is 5.67. The quantitative estimate of drug-likeness (QED) is 0.653. The number of nitrogens with zero attached hydrogens (tertiary/aromatic N) is 4. The van der Waals surface area contributed by atoms with Crippen molar-refractivity contribution in [3.8, 4) is 6.07 Å². The van der Waals surface area contributed by atoms with E-state index in [2.05, 4.69) is 15.3 Å². The third-order valence-corrected chi connectivity index (χ3v) is 2.17. The molecule has 0 aliphatic heterocycles. The Labute approximate surface area is 99.8 Å². The summed E-state index contributed by atoms with van der Waals surface area (Å²) in [6.45, 7) is 1.79. The number of nitrogens with one attached hydrogen (secondary N) is 1. The third kappa shape index (κ3) is 1.56. The van der Waals surface area contributed by atoms with Gasteiger partial charge in [0.25, 0.3) is 0 Å². The van der Waals surface area contributed by atoms with Crippen LogP contribution in [0.3, 0.4) is 0 Å². The summed E-state index contributed by atoms with van der Waals surface area (Å²) >= 11 is 0. The zero-order chi connectivity index (χ0) is 13.3. The summed E-state index contributed by atoms with van der Waals surface area (Å²) in [6, 6.07) is 1.59. The van der Waals surface area contributed by atoms with Gasteiger partial charge in [0.2, 0.25) is 5.69 Å². The highest BCUT2D eigenvalue weighted by molar-refractivity contribution is 6.00. The molecule has 9 nitrogen and oxygen atoms in total. The number of esters is 1. The highest BCUT2D eigenvalue weighted by Crippen LogP contribution is 2.15. The number of nitrogens with two attached hydrogens (primary N) is 1. The fourth-order valence-corrected chi connectivity index (χ4v) is 1.42. The van der Waals surface area contributed by atoms with Crippen LogP contribution in [-0.2, 0) is 4.74 Å². The van der Waals surface area contributed by atoms with E-state index < -0.39 is 17.2 Å². The maximum Gasteiger partial charge on any atom is 0.345 e. The number of hydrogen-bond acceptors (Lipinski definition) is 7. The number of aromatic nitrogens is 4. The number of aromatic amines is 1. The van der Waals surface area contributed by atoms with Crippen LogP contribution < -0.4 is 11.3 Å². The van der Waals surface area contributed by atoms with Gasteiger partial charge >= 0.3 is 11.5 Å².